The first kappa shape index (κ1) is 32.3. The number of hydrogen-bond donors (Lipinski definition) is 0. The molecular formula is C32H29F9O2. The van der Waals surface area contributed by atoms with Gasteiger partial charge in [-0.3, -0.25) is 0 Å². The van der Waals surface area contributed by atoms with E-state index in [0.29, 0.717) is 30.0 Å². The fourth-order valence-electron chi connectivity index (χ4n) is 5.55. The number of halogens is 9. The predicted octanol–water partition coefficient (Wildman–Crippen LogP) is 10.8. The third-order valence-electron chi connectivity index (χ3n) is 7.67. The second-order valence-corrected chi connectivity index (χ2v) is 10.7. The second kappa shape index (κ2) is 13.8. The van der Waals surface area contributed by atoms with Crippen molar-refractivity contribution < 1.29 is 49.0 Å². The highest BCUT2D eigenvalue weighted by atomic mass is 19.3. The van der Waals surface area contributed by atoms with Gasteiger partial charge < -0.3 is 9.47 Å². The van der Waals surface area contributed by atoms with Crippen LogP contribution in [0.15, 0.2) is 54.8 Å². The first-order valence-electron chi connectivity index (χ1n) is 13.9. The fourth-order valence-corrected chi connectivity index (χ4v) is 5.55. The molecule has 0 unspecified atom stereocenters. The maximum atomic E-state index is 15.0. The summed E-state index contributed by atoms with van der Waals surface area (Å²) in [5, 5.41) is 0. The molecule has 0 saturated heterocycles. The third-order valence-corrected chi connectivity index (χ3v) is 7.67. The molecule has 11 heteroatoms. The van der Waals surface area contributed by atoms with Gasteiger partial charge in [0.25, 0.3) is 0 Å². The molecule has 1 saturated carbocycles. The van der Waals surface area contributed by atoms with Crippen LogP contribution in [0.4, 0.5) is 39.5 Å². The fraction of sp³-hybridized carbons (Fsp3) is 0.375. The number of aryl methyl sites for hydroxylation is 1. The third kappa shape index (κ3) is 8.06. The van der Waals surface area contributed by atoms with E-state index in [1.54, 1.807) is 6.07 Å². The summed E-state index contributed by atoms with van der Waals surface area (Å²) in [6.45, 7) is 2.18. The summed E-state index contributed by atoms with van der Waals surface area (Å²) in [4.78, 5) is 0. The summed E-state index contributed by atoms with van der Waals surface area (Å²) in [5.41, 5.74) is -1.74. The van der Waals surface area contributed by atoms with Gasteiger partial charge in [0.1, 0.15) is 28.8 Å². The summed E-state index contributed by atoms with van der Waals surface area (Å²) >= 11 is 0. The van der Waals surface area contributed by atoms with Crippen LogP contribution in [0, 0.1) is 40.9 Å². The van der Waals surface area contributed by atoms with E-state index in [-0.39, 0.29) is 29.5 Å². The molecule has 0 N–H and O–H groups in total. The highest BCUT2D eigenvalue weighted by Gasteiger charge is 2.41. The van der Waals surface area contributed by atoms with Crippen molar-refractivity contribution in [2.75, 3.05) is 0 Å². The molecule has 3 aromatic carbocycles. The Kier molecular flexibility index (Phi) is 10.3. The summed E-state index contributed by atoms with van der Waals surface area (Å²) in [6.07, 6.45) is 1.10. The second-order valence-electron chi connectivity index (χ2n) is 10.7. The average Bonchev–Trinajstić information content (AvgIpc) is 2.91. The van der Waals surface area contributed by atoms with Crippen molar-refractivity contribution in [3.8, 4) is 22.6 Å². The largest absolute Gasteiger partial charge is 0.453 e. The van der Waals surface area contributed by atoms with E-state index < -0.39 is 58.3 Å². The normalized spacial score (nSPS) is 17.1. The molecule has 1 aliphatic carbocycles. The lowest BCUT2D eigenvalue weighted by Gasteiger charge is -2.28. The molecule has 0 spiro atoms. The molecule has 0 heterocycles. The SMILES string of the molecule is CCCC1CCC(CCc2ccc(-c3cc(F)c(C(F)(F)Oc4cc(F)c(OC=C(F)F)c(F)c4)c(F)c3)c(F)c2)CC1. The minimum atomic E-state index is -4.78. The van der Waals surface area contributed by atoms with Gasteiger partial charge in [-0.2, -0.15) is 17.6 Å². The van der Waals surface area contributed by atoms with E-state index in [4.69, 9.17) is 0 Å². The van der Waals surface area contributed by atoms with Gasteiger partial charge >= 0.3 is 12.2 Å². The van der Waals surface area contributed by atoms with E-state index in [9.17, 15) is 39.5 Å². The van der Waals surface area contributed by atoms with Gasteiger partial charge in [0, 0.05) is 17.7 Å². The Balaban J connectivity index is 1.47. The Labute approximate surface area is 243 Å². The molecule has 1 aliphatic rings. The summed E-state index contributed by atoms with van der Waals surface area (Å²) in [5.74, 6) is -9.00. The molecule has 232 valence electrons. The van der Waals surface area contributed by atoms with E-state index in [0.717, 1.165) is 25.2 Å². The van der Waals surface area contributed by atoms with Crippen molar-refractivity contribution in [1.82, 2.24) is 0 Å². The van der Waals surface area contributed by atoms with Gasteiger partial charge in [-0.05, 0) is 54.0 Å². The number of hydrogen-bond acceptors (Lipinski definition) is 2. The minimum absolute atomic E-state index is 0.162. The molecule has 0 amide bonds. The first-order chi connectivity index (χ1) is 20.4. The lowest BCUT2D eigenvalue weighted by atomic mass is 9.78. The van der Waals surface area contributed by atoms with Crippen LogP contribution in [0.3, 0.4) is 0 Å². The Morgan fingerprint density at radius 1 is 0.791 bits per heavy atom. The monoisotopic (exact) mass is 616 g/mol. The molecule has 3 aromatic rings. The zero-order valence-corrected chi connectivity index (χ0v) is 23.1. The topological polar surface area (TPSA) is 18.5 Å². The van der Waals surface area contributed by atoms with Crippen LogP contribution in [0.25, 0.3) is 11.1 Å². The zero-order chi connectivity index (χ0) is 31.3. The Hall–Kier alpha value is -3.63. The quantitative estimate of drug-likeness (QED) is 0.158. The van der Waals surface area contributed by atoms with E-state index in [1.165, 1.54) is 37.8 Å². The summed E-state index contributed by atoms with van der Waals surface area (Å²) in [7, 11) is 0. The van der Waals surface area contributed by atoms with E-state index in [1.807, 2.05) is 0 Å². The molecule has 2 nitrogen and oxygen atoms in total. The molecule has 0 aliphatic heterocycles. The van der Waals surface area contributed by atoms with Gasteiger partial charge in [-0.25, -0.2) is 22.0 Å². The first-order valence-corrected chi connectivity index (χ1v) is 13.9. The molecule has 4 rings (SSSR count). The molecule has 0 atom stereocenters. The van der Waals surface area contributed by atoms with E-state index in [2.05, 4.69) is 16.4 Å². The van der Waals surface area contributed by atoms with Gasteiger partial charge in [0.05, 0.1) is 0 Å². The zero-order valence-electron chi connectivity index (χ0n) is 23.1. The molecular weight excluding hydrogens is 587 g/mol. The standard InChI is InChI=1S/C32H29F9O2/c1-2-3-18-4-6-19(7-5-18)8-9-20-10-11-23(24(33)12-20)21-13-25(34)30(26(35)14-21)32(40,41)43-22-15-27(36)31(28(37)16-22)42-17-29(38)39/h10-19H,2-9H2,1H3. The van der Waals surface area contributed by atoms with Crippen molar-refractivity contribution in [2.24, 2.45) is 11.8 Å². The van der Waals surface area contributed by atoms with Crippen molar-refractivity contribution in [3.05, 3.63) is 95.0 Å². The number of ether oxygens (including phenoxy) is 2. The van der Waals surface area contributed by atoms with Crippen LogP contribution in [-0.4, -0.2) is 0 Å². The van der Waals surface area contributed by atoms with Crippen LogP contribution in [0.1, 0.15) is 63.0 Å². The Morgan fingerprint density at radius 3 is 1.91 bits per heavy atom. The summed E-state index contributed by atoms with van der Waals surface area (Å²) in [6, 6.07) is 5.52. The lowest BCUT2D eigenvalue weighted by Crippen LogP contribution is -2.25. The smallest absolute Gasteiger partial charge is 0.432 e. The lowest BCUT2D eigenvalue weighted by molar-refractivity contribution is -0.189. The van der Waals surface area contributed by atoms with Crippen LogP contribution in [0.5, 0.6) is 11.5 Å². The maximum absolute atomic E-state index is 15.0. The van der Waals surface area contributed by atoms with Gasteiger partial charge in [0.2, 0.25) is 0 Å². The van der Waals surface area contributed by atoms with Crippen molar-refractivity contribution >= 4 is 0 Å². The highest BCUT2D eigenvalue weighted by molar-refractivity contribution is 5.65. The molecule has 43 heavy (non-hydrogen) atoms. The summed E-state index contributed by atoms with van der Waals surface area (Å²) < 4.78 is 135. The molecule has 0 aromatic heterocycles. The molecule has 1 fully saturated rings. The average molecular weight is 617 g/mol. The van der Waals surface area contributed by atoms with Gasteiger partial charge in [-0.1, -0.05) is 57.6 Å². The van der Waals surface area contributed by atoms with Crippen LogP contribution < -0.4 is 9.47 Å². The number of alkyl halides is 2. The van der Waals surface area contributed by atoms with Gasteiger partial charge in [0.15, 0.2) is 23.6 Å². The van der Waals surface area contributed by atoms with Gasteiger partial charge in [-0.15, -0.1) is 0 Å². The number of benzene rings is 3. The molecule has 0 radical (unpaired) electrons. The van der Waals surface area contributed by atoms with E-state index >= 15 is 0 Å². The van der Waals surface area contributed by atoms with Crippen molar-refractivity contribution in [3.63, 3.8) is 0 Å². The number of rotatable bonds is 11. The highest BCUT2D eigenvalue weighted by Crippen LogP contribution is 2.39. The molecule has 0 bridgehead atoms. The van der Waals surface area contributed by atoms with Crippen LogP contribution in [-0.2, 0) is 12.5 Å². The minimum Gasteiger partial charge on any atom is -0.453 e. The maximum Gasteiger partial charge on any atom is 0.432 e. The Bertz CT molecular complexity index is 1410. The van der Waals surface area contributed by atoms with Crippen LogP contribution in [0.2, 0.25) is 0 Å². The van der Waals surface area contributed by atoms with Crippen LogP contribution >= 0.6 is 0 Å². The van der Waals surface area contributed by atoms with Crippen molar-refractivity contribution in [2.45, 2.75) is 64.4 Å². The predicted molar refractivity (Wildman–Crippen MR) is 142 cm³/mol. The van der Waals surface area contributed by atoms with Crippen molar-refractivity contribution in [1.29, 1.82) is 0 Å². The Morgan fingerprint density at radius 2 is 1.37 bits per heavy atom.